The molecule has 1 aliphatic carbocycles. The predicted molar refractivity (Wildman–Crippen MR) is 170 cm³/mol. The lowest BCUT2D eigenvalue weighted by atomic mass is 10.1. The number of anilines is 1. The van der Waals surface area contributed by atoms with Crippen LogP contribution in [-0.4, -0.2) is 50.4 Å². The number of nitrogens with zero attached hydrogens (tertiary/aromatic N) is 2. The second-order valence-electron chi connectivity index (χ2n) is 10.3. The maximum absolute atomic E-state index is 14.1. The lowest BCUT2D eigenvalue weighted by Gasteiger charge is -2.32. The van der Waals surface area contributed by atoms with Gasteiger partial charge in [0, 0.05) is 17.6 Å². The monoisotopic (exact) mass is 665 g/mol. The summed E-state index contributed by atoms with van der Waals surface area (Å²) in [6.07, 6.45) is 3.82. The van der Waals surface area contributed by atoms with Crippen LogP contribution in [0.3, 0.4) is 0 Å². The van der Waals surface area contributed by atoms with E-state index >= 15 is 0 Å². The summed E-state index contributed by atoms with van der Waals surface area (Å²) in [5.41, 5.74) is 0.890. The maximum Gasteiger partial charge on any atom is 0.264 e. The van der Waals surface area contributed by atoms with Crippen LogP contribution in [0.15, 0.2) is 71.6 Å². The van der Waals surface area contributed by atoms with Gasteiger partial charge in [0.25, 0.3) is 10.0 Å². The minimum absolute atomic E-state index is 0.00703. The van der Waals surface area contributed by atoms with Gasteiger partial charge in [0.15, 0.2) is 0 Å². The second kappa shape index (κ2) is 14.7. The molecule has 1 N–H and O–H groups in total. The number of carbonyl (C=O) groups is 2. The first kappa shape index (κ1) is 32.9. The van der Waals surface area contributed by atoms with E-state index in [1.54, 1.807) is 49.4 Å². The highest BCUT2D eigenvalue weighted by molar-refractivity contribution is 7.92. The summed E-state index contributed by atoms with van der Waals surface area (Å²) in [5, 5.41) is 4.07. The Morgan fingerprint density at radius 1 is 0.953 bits per heavy atom. The molecule has 1 unspecified atom stereocenters. The molecule has 0 bridgehead atoms. The van der Waals surface area contributed by atoms with Crippen molar-refractivity contribution in [2.75, 3.05) is 17.5 Å². The Bertz CT molecular complexity index is 1530. The number of hydrogen-bond donors (Lipinski definition) is 1. The van der Waals surface area contributed by atoms with Crippen molar-refractivity contribution < 1.29 is 22.7 Å². The molecule has 1 saturated carbocycles. The third kappa shape index (κ3) is 8.35. The summed E-state index contributed by atoms with van der Waals surface area (Å²) in [4.78, 5) is 28.8. The third-order valence-electron chi connectivity index (χ3n) is 7.32. The topological polar surface area (TPSA) is 96.0 Å². The molecular weight excluding hydrogens is 633 g/mol. The molecule has 230 valence electrons. The first-order valence-electron chi connectivity index (χ1n) is 14.0. The molecule has 2 amide bonds. The lowest BCUT2D eigenvalue weighted by molar-refractivity contribution is -0.139. The molecule has 1 aliphatic rings. The second-order valence-corrected chi connectivity index (χ2v) is 13.4. The van der Waals surface area contributed by atoms with Crippen LogP contribution in [0.2, 0.25) is 15.1 Å². The average Bonchev–Trinajstić information content (AvgIpc) is 3.50. The van der Waals surface area contributed by atoms with Gasteiger partial charge in [-0.05, 0) is 92.9 Å². The number of hydrogen-bond acceptors (Lipinski definition) is 5. The summed E-state index contributed by atoms with van der Waals surface area (Å²) < 4.78 is 34.5. The van der Waals surface area contributed by atoms with Crippen LogP contribution in [0, 0.1) is 0 Å². The molecule has 3 aromatic carbocycles. The Hall–Kier alpha value is -2.98. The van der Waals surface area contributed by atoms with Gasteiger partial charge in [-0.3, -0.25) is 13.9 Å². The molecular formula is C31H34Cl3N3O5S. The van der Waals surface area contributed by atoms with Crippen LogP contribution in [0.25, 0.3) is 0 Å². The number of nitrogens with one attached hydrogen (secondary N) is 1. The number of benzene rings is 3. The van der Waals surface area contributed by atoms with E-state index in [0.717, 1.165) is 30.0 Å². The van der Waals surface area contributed by atoms with E-state index in [0.29, 0.717) is 33.0 Å². The number of sulfonamides is 1. The van der Waals surface area contributed by atoms with Gasteiger partial charge in [-0.1, -0.05) is 53.7 Å². The molecule has 0 aliphatic heterocycles. The summed E-state index contributed by atoms with van der Waals surface area (Å²) in [7, 11) is -4.23. The van der Waals surface area contributed by atoms with Gasteiger partial charge in [-0.25, -0.2) is 8.42 Å². The molecule has 0 radical (unpaired) electrons. The number of ether oxygens (including phenoxy) is 1. The first-order chi connectivity index (χ1) is 20.5. The molecule has 43 heavy (non-hydrogen) atoms. The van der Waals surface area contributed by atoms with Crippen molar-refractivity contribution in [3.63, 3.8) is 0 Å². The van der Waals surface area contributed by atoms with Gasteiger partial charge in [-0.2, -0.15) is 0 Å². The molecule has 0 saturated heterocycles. The fraction of sp³-hybridized carbons (Fsp3) is 0.355. The number of rotatable bonds is 12. The molecule has 1 fully saturated rings. The maximum atomic E-state index is 14.1. The van der Waals surface area contributed by atoms with Crippen LogP contribution in [0.5, 0.6) is 5.75 Å². The van der Waals surface area contributed by atoms with Crippen LogP contribution < -0.4 is 14.4 Å². The van der Waals surface area contributed by atoms with E-state index in [2.05, 4.69) is 5.32 Å². The van der Waals surface area contributed by atoms with Gasteiger partial charge in [0.2, 0.25) is 11.8 Å². The zero-order valence-corrected chi connectivity index (χ0v) is 27.0. The quantitative estimate of drug-likeness (QED) is 0.232. The van der Waals surface area contributed by atoms with Gasteiger partial charge < -0.3 is 15.0 Å². The number of carbonyl (C=O) groups excluding carboxylic acids is 2. The smallest absolute Gasteiger partial charge is 0.264 e. The molecule has 8 nitrogen and oxygen atoms in total. The van der Waals surface area contributed by atoms with Crippen molar-refractivity contribution in [3.05, 3.63) is 87.4 Å². The van der Waals surface area contributed by atoms with Crippen molar-refractivity contribution in [1.29, 1.82) is 0 Å². The van der Waals surface area contributed by atoms with E-state index in [1.165, 1.54) is 29.2 Å². The number of halogens is 3. The molecule has 0 aromatic heterocycles. The van der Waals surface area contributed by atoms with E-state index in [9.17, 15) is 18.0 Å². The summed E-state index contributed by atoms with van der Waals surface area (Å²) in [6.45, 7) is 3.36. The van der Waals surface area contributed by atoms with Gasteiger partial charge in [0.05, 0.1) is 27.2 Å². The van der Waals surface area contributed by atoms with Gasteiger partial charge >= 0.3 is 0 Å². The molecule has 3 aromatic rings. The van der Waals surface area contributed by atoms with Gasteiger partial charge in [-0.15, -0.1) is 0 Å². The molecule has 4 rings (SSSR count). The Labute approximate surface area is 267 Å². The fourth-order valence-corrected chi connectivity index (χ4v) is 6.81. The predicted octanol–water partition coefficient (Wildman–Crippen LogP) is 6.72. The van der Waals surface area contributed by atoms with Gasteiger partial charge in [0.1, 0.15) is 18.3 Å². The third-order valence-corrected chi connectivity index (χ3v) is 10.1. The zero-order chi connectivity index (χ0) is 31.1. The van der Waals surface area contributed by atoms with Crippen LogP contribution in [-0.2, 0) is 26.2 Å². The molecule has 0 spiro atoms. The highest BCUT2D eigenvalue weighted by Crippen LogP contribution is 2.28. The van der Waals surface area contributed by atoms with E-state index in [4.69, 9.17) is 39.5 Å². The molecule has 12 heteroatoms. The Balaban J connectivity index is 1.70. The molecule has 0 heterocycles. The summed E-state index contributed by atoms with van der Waals surface area (Å²) in [6, 6.07) is 16.2. The Morgan fingerprint density at radius 3 is 2.21 bits per heavy atom. The largest absolute Gasteiger partial charge is 0.494 e. The normalized spacial score (nSPS) is 14.3. The van der Waals surface area contributed by atoms with Crippen molar-refractivity contribution in [3.8, 4) is 5.75 Å². The van der Waals surface area contributed by atoms with Crippen molar-refractivity contribution in [2.24, 2.45) is 0 Å². The number of amides is 2. The van der Waals surface area contributed by atoms with Crippen LogP contribution in [0.4, 0.5) is 5.69 Å². The van der Waals surface area contributed by atoms with Crippen molar-refractivity contribution in [1.82, 2.24) is 10.2 Å². The van der Waals surface area contributed by atoms with Crippen LogP contribution >= 0.6 is 34.8 Å². The highest BCUT2D eigenvalue weighted by atomic mass is 35.5. The van der Waals surface area contributed by atoms with E-state index in [-0.39, 0.29) is 29.1 Å². The van der Waals surface area contributed by atoms with Crippen molar-refractivity contribution in [2.45, 2.75) is 63.1 Å². The first-order valence-corrected chi connectivity index (χ1v) is 16.6. The van der Waals surface area contributed by atoms with E-state index in [1.807, 2.05) is 6.92 Å². The standard InChI is InChI=1S/C31H34Cl3N3O5S/c1-3-42-26-13-11-25(12-14-26)37(43(40,41)27-15-9-23(32)10-16-27)20-30(38)36(19-22-8-17-28(33)29(34)18-22)21(2)31(39)35-24-6-4-5-7-24/h8-18,21,24H,3-7,19-20H2,1-2H3,(H,35,39). The minimum atomic E-state index is -4.23. The highest BCUT2D eigenvalue weighted by Gasteiger charge is 2.33. The van der Waals surface area contributed by atoms with Crippen molar-refractivity contribution >= 4 is 62.3 Å². The lowest BCUT2D eigenvalue weighted by Crippen LogP contribution is -2.52. The SMILES string of the molecule is CCOc1ccc(N(CC(=O)N(Cc2ccc(Cl)c(Cl)c2)C(C)C(=O)NC2CCCC2)S(=O)(=O)c2ccc(Cl)cc2)cc1. The summed E-state index contributed by atoms with van der Waals surface area (Å²) in [5.74, 6) is -0.333. The van der Waals surface area contributed by atoms with E-state index < -0.39 is 28.5 Å². The minimum Gasteiger partial charge on any atom is -0.494 e. The average molecular weight is 667 g/mol. The molecule has 1 atom stereocenters. The Kier molecular flexibility index (Phi) is 11.2. The Morgan fingerprint density at radius 2 is 1.60 bits per heavy atom. The van der Waals surface area contributed by atoms with Crippen LogP contribution in [0.1, 0.15) is 45.1 Å². The fourth-order valence-electron chi connectivity index (χ4n) is 4.95. The zero-order valence-electron chi connectivity index (χ0n) is 23.9. The summed E-state index contributed by atoms with van der Waals surface area (Å²) >= 11 is 18.4.